The van der Waals surface area contributed by atoms with Crippen molar-refractivity contribution in [2.45, 2.75) is 0 Å². The molecule has 0 aliphatic rings. The Morgan fingerprint density at radius 1 is 0.594 bits per heavy atom. The van der Waals surface area contributed by atoms with Crippen LogP contribution >= 0.6 is 34.0 Å². The van der Waals surface area contributed by atoms with Crippen molar-refractivity contribution in [1.82, 2.24) is 19.9 Å². The Morgan fingerprint density at radius 2 is 1.25 bits per heavy atom. The summed E-state index contributed by atoms with van der Waals surface area (Å²) in [5, 5.41) is 4.19. The highest BCUT2D eigenvalue weighted by atomic mass is 32.1. The first-order chi connectivity index (χ1) is 15.8. The monoisotopic (exact) mass is 466 g/mol. The predicted molar refractivity (Wildman–Crippen MR) is 137 cm³/mol. The van der Waals surface area contributed by atoms with Crippen molar-refractivity contribution in [2.24, 2.45) is 0 Å². The second-order valence-corrected chi connectivity index (χ2v) is 10.5. The molecule has 0 atom stereocenters. The molecule has 0 fully saturated rings. The van der Waals surface area contributed by atoms with Crippen LogP contribution in [0.2, 0.25) is 0 Å². The smallest absolute Gasteiger partial charge is 0.148 e. The minimum Gasteiger partial charge on any atom is -0.337 e. The molecular weight excluding hydrogens is 453 g/mol. The number of nitrogens with zero attached hydrogens (tertiary/aromatic N) is 3. The van der Waals surface area contributed by atoms with Gasteiger partial charge in [-0.25, -0.2) is 4.98 Å². The topological polar surface area (TPSA) is 54.5 Å². The van der Waals surface area contributed by atoms with Gasteiger partial charge in [-0.1, -0.05) is 6.07 Å². The predicted octanol–water partition coefficient (Wildman–Crippen LogP) is 7.84. The lowest BCUT2D eigenvalue weighted by atomic mass is 10.1. The Labute approximate surface area is 194 Å². The van der Waals surface area contributed by atoms with E-state index in [1.807, 2.05) is 35.9 Å². The van der Waals surface area contributed by atoms with Crippen LogP contribution in [0.3, 0.4) is 0 Å². The highest BCUT2D eigenvalue weighted by Gasteiger charge is 2.16. The van der Waals surface area contributed by atoms with Crippen molar-refractivity contribution >= 4 is 66.8 Å². The molecule has 0 unspecified atom stereocenters. The van der Waals surface area contributed by atoms with Gasteiger partial charge in [-0.15, -0.1) is 34.0 Å². The lowest BCUT2D eigenvalue weighted by Crippen LogP contribution is -1.86. The molecule has 4 nitrogen and oxygen atoms in total. The zero-order valence-corrected chi connectivity index (χ0v) is 19.0. The van der Waals surface area contributed by atoms with Crippen molar-refractivity contribution in [1.29, 1.82) is 0 Å². The molecule has 7 rings (SSSR count). The molecule has 0 radical (unpaired) electrons. The minimum atomic E-state index is 0.882. The van der Waals surface area contributed by atoms with E-state index < -0.39 is 0 Å². The van der Waals surface area contributed by atoms with Gasteiger partial charge in [0.2, 0.25) is 0 Å². The molecule has 1 aromatic carbocycles. The van der Waals surface area contributed by atoms with E-state index in [1.54, 1.807) is 22.7 Å². The van der Waals surface area contributed by atoms with Crippen LogP contribution in [0.4, 0.5) is 0 Å². The Hall–Kier alpha value is -3.39. The summed E-state index contributed by atoms with van der Waals surface area (Å²) in [4.78, 5) is 24.1. The number of imidazole rings is 1. The molecule has 6 aromatic heterocycles. The number of hydrogen-bond acceptors (Lipinski definition) is 6. The third-order valence-corrected chi connectivity index (χ3v) is 8.96. The molecule has 6 heterocycles. The number of H-pyrrole nitrogens is 1. The number of thiophene rings is 3. The number of benzene rings is 1. The molecule has 0 bridgehead atoms. The maximum absolute atomic E-state index is 5.01. The van der Waals surface area contributed by atoms with Crippen molar-refractivity contribution in [2.75, 3.05) is 0 Å². The summed E-state index contributed by atoms with van der Waals surface area (Å²) in [7, 11) is 0. The number of pyridine rings is 2. The fourth-order valence-electron chi connectivity index (χ4n) is 4.08. The largest absolute Gasteiger partial charge is 0.337 e. The van der Waals surface area contributed by atoms with Crippen molar-refractivity contribution < 1.29 is 0 Å². The van der Waals surface area contributed by atoms with Gasteiger partial charge < -0.3 is 4.98 Å². The zero-order valence-electron chi connectivity index (χ0n) is 16.6. The molecule has 1 N–H and O–H groups in total. The van der Waals surface area contributed by atoms with E-state index in [-0.39, 0.29) is 0 Å². The second-order valence-electron chi connectivity index (χ2n) is 7.41. The van der Waals surface area contributed by atoms with E-state index in [0.29, 0.717) is 0 Å². The Balaban J connectivity index is 1.37. The fraction of sp³-hybridized carbons (Fsp3) is 0. The lowest BCUT2D eigenvalue weighted by Gasteiger charge is -2.03. The van der Waals surface area contributed by atoms with Gasteiger partial charge in [0.1, 0.15) is 5.82 Å². The first-order valence-electron chi connectivity index (χ1n) is 10.1. The van der Waals surface area contributed by atoms with Crippen molar-refractivity contribution in [3.05, 3.63) is 78.4 Å². The fourth-order valence-corrected chi connectivity index (χ4v) is 6.96. The van der Waals surface area contributed by atoms with Gasteiger partial charge in [0, 0.05) is 42.7 Å². The maximum Gasteiger partial charge on any atom is 0.148 e. The van der Waals surface area contributed by atoms with Crippen LogP contribution in [0, 0.1) is 0 Å². The average Bonchev–Trinajstić information content (AvgIpc) is 3.63. The van der Waals surface area contributed by atoms with Crippen LogP contribution in [0.15, 0.2) is 78.4 Å². The summed E-state index contributed by atoms with van der Waals surface area (Å²) in [5.41, 5.74) is 3.74. The van der Waals surface area contributed by atoms with Crippen LogP contribution in [0.1, 0.15) is 0 Å². The molecule has 0 saturated heterocycles. The van der Waals surface area contributed by atoms with Crippen molar-refractivity contribution in [3.8, 4) is 30.2 Å². The minimum absolute atomic E-state index is 0.882. The average molecular weight is 467 g/mol. The molecule has 7 heteroatoms. The molecule has 7 aromatic rings. The molecule has 0 aliphatic heterocycles. The molecule has 152 valence electrons. The van der Waals surface area contributed by atoms with E-state index in [1.165, 1.54) is 19.5 Å². The van der Waals surface area contributed by atoms with Gasteiger partial charge in [-0.3, -0.25) is 9.97 Å². The first kappa shape index (κ1) is 18.2. The van der Waals surface area contributed by atoms with Gasteiger partial charge in [0.25, 0.3) is 0 Å². The number of fused-ring (bicyclic) bond motifs is 6. The lowest BCUT2D eigenvalue weighted by molar-refractivity contribution is 1.36. The van der Waals surface area contributed by atoms with Crippen LogP contribution in [0.5, 0.6) is 0 Å². The second kappa shape index (κ2) is 7.06. The van der Waals surface area contributed by atoms with Gasteiger partial charge in [0.05, 0.1) is 26.9 Å². The Morgan fingerprint density at radius 3 is 2.00 bits per heavy atom. The summed E-state index contributed by atoms with van der Waals surface area (Å²) < 4.78 is 0. The van der Waals surface area contributed by atoms with Crippen molar-refractivity contribution in [3.63, 3.8) is 0 Å². The van der Waals surface area contributed by atoms with Crippen LogP contribution in [-0.4, -0.2) is 19.9 Å². The normalized spacial score (nSPS) is 11.8. The van der Waals surface area contributed by atoms with E-state index >= 15 is 0 Å². The van der Waals surface area contributed by atoms with Gasteiger partial charge in [0.15, 0.2) is 0 Å². The molecule has 0 spiro atoms. The highest BCUT2D eigenvalue weighted by Crippen LogP contribution is 2.41. The molecule has 0 amide bonds. The molecule has 0 aliphatic carbocycles. The summed E-state index contributed by atoms with van der Waals surface area (Å²) in [6, 6.07) is 21.1. The quantitative estimate of drug-likeness (QED) is 0.270. The number of nitrogens with one attached hydrogen (secondary N) is 1. The van der Waals surface area contributed by atoms with E-state index in [2.05, 4.69) is 68.9 Å². The first-order valence-corrected chi connectivity index (χ1v) is 12.6. The van der Waals surface area contributed by atoms with E-state index in [9.17, 15) is 0 Å². The number of hydrogen-bond donors (Lipinski definition) is 1. The van der Waals surface area contributed by atoms with Crippen LogP contribution in [-0.2, 0) is 0 Å². The van der Waals surface area contributed by atoms with Crippen LogP contribution in [0.25, 0.3) is 63.0 Å². The van der Waals surface area contributed by atoms with Gasteiger partial charge in [-0.2, -0.15) is 0 Å². The van der Waals surface area contributed by atoms with E-state index in [4.69, 9.17) is 4.98 Å². The molecule has 32 heavy (non-hydrogen) atoms. The van der Waals surface area contributed by atoms with Crippen LogP contribution < -0.4 is 0 Å². The molecule has 0 saturated carbocycles. The summed E-state index contributed by atoms with van der Waals surface area (Å²) in [5.74, 6) is 0.882. The summed E-state index contributed by atoms with van der Waals surface area (Å²) in [6.45, 7) is 0. The summed E-state index contributed by atoms with van der Waals surface area (Å²) >= 11 is 5.38. The Kier molecular flexibility index (Phi) is 4.02. The number of rotatable bonds is 3. The number of aromatic amines is 1. The van der Waals surface area contributed by atoms with Gasteiger partial charge in [-0.05, 0) is 60.0 Å². The highest BCUT2D eigenvalue weighted by molar-refractivity contribution is 7.27. The standard InChI is InChI=1S/C25H14N4S3/c1-4-14-21(26-11-1)22-15(5-2-12-27-22)24-23(14)28-25(29-24)20-10-9-19(32-20)18-8-7-17(31-18)16-6-3-13-30-16/h1-13H,(H,28,29). The Bertz CT molecular complexity index is 1670. The number of aromatic nitrogens is 4. The third kappa shape index (κ3) is 2.75. The maximum atomic E-state index is 5.01. The molecular formula is C25H14N4S3. The third-order valence-electron chi connectivity index (χ3n) is 5.52. The summed E-state index contributed by atoms with van der Waals surface area (Å²) in [6.07, 6.45) is 3.63. The SMILES string of the molecule is c1csc(-c2ccc(-c3ccc(-c4nc5c6cccnc6c6ncccc6c5[nH]4)s3)s2)c1. The van der Waals surface area contributed by atoms with E-state index in [0.717, 1.165) is 43.5 Å². The van der Waals surface area contributed by atoms with Gasteiger partial charge >= 0.3 is 0 Å². The zero-order chi connectivity index (χ0) is 21.1.